The molecule has 2 atom stereocenters. The van der Waals surface area contributed by atoms with Crippen molar-refractivity contribution in [1.29, 1.82) is 0 Å². The summed E-state index contributed by atoms with van der Waals surface area (Å²) >= 11 is 0. The molecule has 4 aromatic rings. The molecular formula is C30H32FNO4. The number of hydrogen-bond acceptors (Lipinski definition) is 4. The summed E-state index contributed by atoms with van der Waals surface area (Å²) in [4.78, 5) is 11.7. The number of ether oxygens (including phenoxy) is 1. The first-order valence-corrected chi connectivity index (χ1v) is 12.3. The van der Waals surface area contributed by atoms with Crippen molar-refractivity contribution in [3.05, 3.63) is 83.8 Å². The van der Waals surface area contributed by atoms with Gasteiger partial charge < -0.3 is 19.4 Å². The van der Waals surface area contributed by atoms with E-state index in [1.54, 1.807) is 25.1 Å². The highest BCUT2D eigenvalue weighted by Gasteiger charge is 2.22. The lowest BCUT2D eigenvalue weighted by molar-refractivity contribution is -0.145. The number of benzene rings is 2. The van der Waals surface area contributed by atoms with E-state index in [2.05, 4.69) is 36.4 Å². The van der Waals surface area contributed by atoms with Crippen LogP contribution in [0.5, 0.6) is 0 Å². The van der Waals surface area contributed by atoms with Crippen LogP contribution in [0, 0.1) is 5.82 Å². The van der Waals surface area contributed by atoms with Crippen LogP contribution in [0.4, 0.5) is 4.39 Å². The van der Waals surface area contributed by atoms with Gasteiger partial charge in [0.05, 0.1) is 36.4 Å². The van der Waals surface area contributed by atoms with Crippen molar-refractivity contribution in [3.8, 4) is 11.3 Å². The number of aliphatic hydroxyl groups is 2. The number of hydrogen-bond donors (Lipinski definition) is 2. The van der Waals surface area contributed by atoms with E-state index in [1.807, 2.05) is 24.4 Å². The SMILES string of the molecule is CCOC(=O)CC(O)CC(O)C=Cc1c(C(C)C)c2c3ccccc3ccn2c1-c1ccc(F)cc1. The number of carbonyl (C=O) groups is 1. The molecular weight excluding hydrogens is 457 g/mol. The third-order valence-electron chi connectivity index (χ3n) is 6.30. The summed E-state index contributed by atoms with van der Waals surface area (Å²) < 4.78 is 20.8. The Bertz CT molecular complexity index is 1390. The van der Waals surface area contributed by atoms with Crippen LogP contribution >= 0.6 is 0 Å². The van der Waals surface area contributed by atoms with Crippen molar-refractivity contribution in [2.45, 2.75) is 51.7 Å². The van der Waals surface area contributed by atoms with Crippen LogP contribution in [0.2, 0.25) is 0 Å². The molecule has 0 aliphatic rings. The largest absolute Gasteiger partial charge is 0.466 e. The Hall–Kier alpha value is -3.48. The molecule has 2 N–H and O–H groups in total. The first kappa shape index (κ1) is 25.6. The number of halogens is 1. The summed E-state index contributed by atoms with van der Waals surface area (Å²) in [5.74, 6) is -0.643. The molecule has 2 aromatic heterocycles. The lowest BCUT2D eigenvalue weighted by atomic mass is 9.94. The molecule has 36 heavy (non-hydrogen) atoms. The van der Waals surface area contributed by atoms with E-state index in [9.17, 15) is 19.4 Å². The number of nitrogens with zero attached hydrogens (tertiary/aromatic N) is 1. The van der Waals surface area contributed by atoms with E-state index in [1.165, 1.54) is 12.1 Å². The Labute approximate surface area is 210 Å². The monoisotopic (exact) mass is 489 g/mol. The number of fused-ring (bicyclic) bond motifs is 3. The van der Waals surface area contributed by atoms with E-state index in [-0.39, 0.29) is 31.2 Å². The third kappa shape index (κ3) is 5.35. The van der Waals surface area contributed by atoms with Gasteiger partial charge in [0.1, 0.15) is 5.82 Å². The molecule has 0 bridgehead atoms. The molecule has 4 rings (SSSR count). The Kier molecular flexibility index (Phi) is 7.87. The van der Waals surface area contributed by atoms with Crippen molar-refractivity contribution in [1.82, 2.24) is 4.40 Å². The van der Waals surface area contributed by atoms with Crippen LogP contribution in [0.1, 0.15) is 50.7 Å². The van der Waals surface area contributed by atoms with Crippen LogP contribution in [-0.2, 0) is 9.53 Å². The summed E-state index contributed by atoms with van der Waals surface area (Å²) in [6.45, 7) is 6.21. The van der Waals surface area contributed by atoms with Gasteiger partial charge in [-0.25, -0.2) is 4.39 Å². The molecule has 0 fully saturated rings. The van der Waals surface area contributed by atoms with Crippen LogP contribution in [0.15, 0.2) is 66.9 Å². The summed E-state index contributed by atoms with van der Waals surface area (Å²) in [5, 5.41) is 23.1. The van der Waals surface area contributed by atoms with Gasteiger partial charge in [-0.1, -0.05) is 50.3 Å². The fourth-order valence-electron chi connectivity index (χ4n) is 4.78. The van der Waals surface area contributed by atoms with Gasteiger partial charge >= 0.3 is 5.97 Å². The fraction of sp³-hybridized carbons (Fsp3) is 0.300. The molecule has 2 aromatic carbocycles. The van der Waals surface area contributed by atoms with Crippen molar-refractivity contribution in [2.24, 2.45) is 0 Å². The Morgan fingerprint density at radius 1 is 1.08 bits per heavy atom. The second-order valence-corrected chi connectivity index (χ2v) is 9.28. The first-order valence-electron chi connectivity index (χ1n) is 12.3. The molecule has 0 saturated heterocycles. The molecule has 0 amide bonds. The van der Waals surface area contributed by atoms with E-state index >= 15 is 0 Å². The average Bonchev–Trinajstić information content (AvgIpc) is 3.18. The maximum Gasteiger partial charge on any atom is 0.308 e. The van der Waals surface area contributed by atoms with Gasteiger partial charge in [0.2, 0.25) is 0 Å². The molecule has 0 saturated carbocycles. The van der Waals surface area contributed by atoms with Crippen LogP contribution < -0.4 is 0 Å². The van der Waals surface area contributed by atoms with Crippen LogP contribution in [0.25, 0.3) is 33.6 Å². The highest BCUT2D eigenvalue weighted by molar-refractivity contribution is 6.01. The lowest BCUT2D eigenvalue weighted by Gasteiger charge is -2.13. The summed E-state index contributed by atoms with van der Waals surface area (Å²) in [7, 11) is 0. The second kappa shape index (κ2) is 11.1. The zero-order valence-corrected chi connectivity index (χ0v) is 20.8. The summed E-state index contributed by atoms with van der Waals surface area (Å²) in [6.07, 6.45) is 3.41. The van der Waals surface area contributed by atoms with Crippen molar-refractivity contribution >= 4 is 28.3 Å². The molecule has 6 heteroatoms. The normalized spacial score (nSPS) is 13.6. The van der Waals surface area contributed by atoms with Crippen molar-refractivity contribution in [3.63, 3.8) is 0 Å². The maximum absolute atomic E-state index is 13.8. The highest BCUT2D eigenvalue weighted by Crippen LogP contribution is 2.40. The van der Waals surface area contributed by atoms with Crippen LogP contribution in [-0.4, -0.2) is 39.4 Å². The van der Waals surface area contributed by atoms with E-state index in [0.717, 1.165) is 38.7 Å². The molecule has 0 radical (unpaired) electrons. The number of rotatable bonds is 9. The lowest BCUT2D eigenvalue weighted by Crippen LogP contribution is -2.20. The predicted octanol–water partition coefficient (Wildman–Crippen LogP) is 6.10. The first-order chi connectivity index (χ1) is 17.3. The second-order valence-electron chi connectivity index (χ2n) is 9.28. The Morgan fingerprint density at radius 3 is 2.50 bits per heavy atom. The fourth-order valence-corrected chi connectivity index (χ4v) is 4.78. The van der Waals surface area contributed by atoms with Gasteiger partial charge in [-0.15, -0.1) is 0 Å². The number of pyridine rings is 1. The summed E-state index contributed by atoms with van der Waals surface area (Å²) in [5.41, 5.74) is 4.85. The third-order valence-corrected chi connectivity index (χ3v) is 6.30. The van der Waals surface area contributed by atoms with Gasteiger partial charge in [0.25, 0.3) is 0 Å². The zero-order chi connectivity index (χ0) is 25.8. The standard InChI is InChI=1S/C30H32FNO4/c1-4-36-27(35)18-24(34)17-23(33)13-14-26-28(19(2)3)30-25-8-6-5-7-20(25)15-16-32(30)29(26)21-9-11-22(31)12-10-21/h5-16,19,23-24,33-34H,4,17-18H2,1-3H3. The molecule has 188 valence electrons. The van der Waals surface area contributed by atoms with Crippen molar-refractivity contribution in [2.75, 3.05) is 6.61 Å². The molecule has 0 aliphatic carbocycles. The quantitative estimate of drug-likeness (QED) is 0.279. The topological polar surface area (TPSA) is 71.2 Å². The van der Waals surface area contributed by atoms with Crippen LogP contribution in [0.3, 0.4) is 0 Å². The number of aromatic nitrogens is 1. The smallest absolute Gasteiger partial charge is 0.308 e. The molecule has 2 unspecified atom stereocenters. The molecule has 2 heterocycles. The van der Waals surface area contributed by atoms with E-state index in [4.69, 9.17) is 4.74 Å². The Balaban J connectivity index is 1.82. The van der Waals surface area contributed by atoms with Gasteiger partial charge in [-0.2, -0.15) is 0 Å². The maximum atomic E-state index is 13.8. The average molecular weight is 490 g/mol. The van der Waals surface area contributed by atoms with E-state index < -0.39 is 18.2 Å². The minimum atomic E-state index is -1.01. The number of esters is 1. The van der Waals surface area contributed by atoms with Gasteiger partial charge in [0.15, 0.2) is 0 Å². The van der Waals surface area contributed by atoms with Gasteiger partial charge in [-0.05, 0) is 59.7 Å². The minimum absolute atomic E-state index is 0.00844. The van der Waals surface area contributed by atoms with E-state index in [0.29, 0.717) is 0 Å². The summed E-state index contributed by atoms with van der Waals surface area (Å²) in [6, 6.07) is 16.7. The number of aliphatic hydroxyl groups excluding tert-OH is 2. The highest BCUT2D eigenvalue weighted by atomic mass is 19.1. The Morgan fingerprint density at radius 2 is 1.81 bits per heavy atom. The predicted molar refractivity (Wildman–Crippen MR) is 141 cm³/mol. The molecule has 0 aliphatic heterocycles. The van der Waals surface area contributed by atoms with Gasteiger partial charge in [-0.3, -0.25) is 4.79 Å². The van der Waals surface area contributed by atoms with Crippen molar-refractivity contribution < 1.29 is 24.1 Å². The number of carbonyl (C=O) groups excluding carboxylic acids is 1. The zero-order valence-electron chi connectivity index (χ0n) is 20.8. The molecule has 0 spiro atoms. The van der Waals surface area contributed by atoms with Gasteiger partial charge in [0, 0.05) is 23.6 Å². The minimum Gasteiger partial charge on any atom is -0.466 e. The molecule has 5 nitrogen and oxygen atoms in total.